The van der Waals surface area contributed by atoms with Gasteiger partial charge in [0, 0.05) is 24.7 Å². The number of anilines is 1. The van der Waals surface area contributed by atoms with Crippen LogP contribution in [0.4, 0.5) is 5.69 Å². The van der Waals surface area contributed by atoms with Gasteiger partial charge in [0.2, 0.25) is 6.29 Å². The smallest absolute Gasteiger partial charge is 0.364 e. The van der Waals surface area contributed by atoms with Crippen LogP contribution in [0.3, 0.4) is 0 Å². The normalized spacial score (nSPS) is 17.3. The molecule has 4 aromatic rings. The monoisotopic (exact) mass is 627 g/mol. The van der Waals surface area contributed by atoms with Crippen LogP contribution in [0.25, 0.3) is 11.0 Å². The van der Waals surface area contributed by atoms with E-state index in [0.717, 1.165) is 17.6 Å². The van der Waals surface area contributed by atoms with Gasteiger partial charge in [-0.3, -0.25) is 4.79 Å². The van der Waals surface area contributed by atoms with Gasteiger partial charge < -0.3 is 33.8 Å². The molecule has 1 aromatic heterocycles. The number of methoxy groups -OCH3 is 1. The number of aryl methyl sites for hydroxylation is 1. The number of nitrogens with one attached hydrogen (secondary N) is 1. The van der Waals surface area contributed by atoms with Crippen LogP contribution in [-0.4, -0.2) is 36.1 Å². The quantitative estimate of drug-likeness (QED) is 0.138. The summed E-state index contributed by atoms with van der Waals surface area (Å²) in [6.45, 7) is 9.81. The largest absolute Gasteiger partial charge is 0.508 e. The minimum atomic E-state index is -0.773. The molecule has 1 saturated heterocycles. The molecule has 3 aromatic carbocycles. The number of fused-ring (bicyclic) bond motifs is 1. The first kappa shape index (κ1) is 32.8. The summed E-state index contributed by atoms with van der Waals surface area (Å²) in [5.74, 6) is 0.226. The molecule has 1 fully saturated rings. The van der Waals surface area contributed by atoms with E-state index >= 15 is 0 Å². The summed E-state index contributed by atoms with van der Waals surface area (Å²) in [7, 11) is 1.68. The molecule has 2 heterocycles. The maximum atomic E-state index is 13.5. The van der Waals surface area contributed by atoms with Crippen LogP contribution >= 0.6 is 0 Å². The first-order valence-electron chi connectivity index (χ1n) is 15.4. The third-order valence-corrected chi connectivity index (χ3v) is 8.18. The van der Waals surface area contributed by atoms with Crippen LogP contribution in [0.1, 0.15) is 67.6 Å². The number of phenols is 1. The maximum absolute atomic E-state index is 13.5. The molecule has 0 spiro atoms. The molecule has 9 nitrogen and oxygen atoms in total. The maximum Gasteiger partial charge on any atom is 0.364 e. The SMILES string of the molecule is CO[C@@H]1CC[C@H](Oc2ccc3c(OCc4ccccc4)c(NC(=O)c4ccc(O)c(CC=C(C)C)c4)c(=O)oc3c2C)OC1(C)C. The number of phenolic OH excluding ortho intramolecular Hbond substituents is 1. The van der Waals surface area contributed by atoms with E-state index in [-0.39, 0.29) is 41.0 Å². The van der Waals surface area contributed by atoms with E-state index in [2.05, 4.69) is 5.32 Å². The van der Waals surface area contributed by atoms with Crippen molar-refractivity contribution >= 4 is 22.6 Å². The van der Waals surface area contributed by atoms with E-state index < -0.39 is 23.4 Å². The molecular weight excluding hydrogens is 586 g/mol. The third kappa shape index (κ3) is 7.27. The molecule has 2 N–H and O–H groups in total. The number of aromatic hydroxyl groups is 1. The number of carbonyl (C=O) groups is 1. The van der Waals surface area contributed by atoms with Gasteiger partial charge in [0.15, 0.2) is 11.4 Å². The summed E-state index contributed by atoms with van der Waals surface area (Å²) in [4.78, 5) is 27.0. The fourth-order valence-electron chi connectivity index (χ4n) is 5.60. The summed E-state index contributed by atoms with van der Waals surface area (Å²) in [5, 5.41) is 13.6. The van der Waals surface area contributed by atoms with Gasteiger partial charge in [0.1, 0.15) is 23.7 Å². The average Bonchev–Trinajstić information content (AvgIpc) is 3.02. The van der Waals surface area contributed by atoms with Gasteiger partial charge in [-0.2, -0.15) is 0 Å². The summed E-state index contributed by atoms with van der Waals surface area (Å²) in [6.07, 6.45) is 3.26. The highest BCUT2D eigenvalue weighted by Crippen LogP contribution is 2.39. The molecule has 46 heavy (non-hydrogen) atoms. The van der Waals surface area contributed by atoms with Crippen LogP contribution in [-0.2, 0) is 22.5 Å². The lowest BCUT2D eigenvalue weighted by Gasteiger charge is -2.41. The standard InChI is InChI=1S/C37H41NO8/c1-22(2)12-13-25-20-26(14-16-28(25)39)35(40)38-32-34(43-21-24-10-8-7-9-11-24)27-15-17-29(23(3)33(27)45-36(32)41)44-31-19-18-30(42-6)37(4,5)46-31/h7-12,14-17,20,30-31,39H,13,18-19,21H2,1-6H3,(H,38,40)/t30-,31-/m1/s1. The van der Waals surface area contributed by atoms with Gasteiger partial charge in [-0.05, 0) is 88.9 Å². The van der Waals surface area contributed by atoms with Gasteiger partial charge >= 0.3 is 5.63 Å². The van der Waals surface area contributed by atoms with Crippen molar-refractivity contribution in [3.05, 3.63) is 105 Å². The predicted molar refractivity (Wildman–Crippen MR) is 177 cm³/mol. The minimum Gasteiger partial charge on any atom is -0.508 e. The number of amides is 1. The minimum absolute atomic E-state index is 0.0495. The Labute approximate surface area is 268 Å². The first-order chi connectivity index (χ1) is 22.0. The van der Waals surface area contributed by atoms with Crippen molar-refractivity contribution in [3.8, 4) is 17.2 Å². The van der Waals surface area contributed by atoms with Gasteiger partial charge in [-0.25, -0.2) is 4.79 Å². The van der Waals surface area contributed by atoms with E-state index in [4.69, 9.17) is 23.4 Å². The highest BCUT2D eigenvalue weighted by molar-refractivity contribution is 6.06. The number of carbonyl (C=O) groups excluding carboxylic acids is 1. The number of ether oxygens (including phenoxy) is 4. The van der Waals surface area contributed by atoms with Gasteiger partial charge in [-0.15, -0.1) is 0 Å². The van der Waals surface area contributed by atoms with Gasteiger partial charge in [-0.1, -0.05) is 42.0 Å². The van der Waals surface area contributed by atoms with Crippen molar-refractivity contribution in [2.24, 2.45) is 0 Å². The Morgan fingerprint density at radius 2 is 1.85 bits per heavy atom. The summed E-state index contributed by atoms with van der Waals surface area (Å²) in [5.41, 5.74) is 2.27. The fourth-order valence-corrected chi connectivity index (χ4v) is 5.60. The number of benzene rings is 3. The molecule has 0 aliphatic carbocycles. The van der Waals surface area contributed by atoms with Crippen molar-refractivity contribution in [2.45, 2.75) is 78.5 Å². The summed E-state index contributed by atoms with van der Waals surface area (Å²) in [6, 6.07) is 17.6. The predicted octanol–water partition coefficient (Wildman–Crippen LogP) is 7.46. The van der Waals surface area contributed by atoms with Gasteiger partial charge in [0.25, 0.3) is 5.91 Å². The Balaban J connectivity index is 1.50. The molecular formula is C37H41NO8. The van der Waals surface area contributed by atoms with Crippen molar-refractivity contribution < 1.29 is 33.3 Å². The Morgan fingerprint density at radius 1 is 1.09 bits per heavy atom. The van der Waals surface area contributed by atoms with Crippen LogP contribution in [0, 0.1) is 6.92 Å². The van der Waals surface area contributed by atoms with E-state index in [0.29, 0.717) is 35.1 Å². The summed E-state index contributed by atoms with van der Waals surface area (Å²) >= 11 is 0. The number of hydrogen-bond acceptors (Lipinski definition) is 8. The first-order valence-corrected chi connectivity index (χ1v) is 15.4. The zero-order chi connectivity index (χ0) is 33.0. The molecule has 0 saturated carbocycles. The Morgan fingerprint density at radius 3 is 2.54 bits per heavy atom. The third-order valence-electron chi connectivity index (χ3n) is 8.18. The molecule has 1 aliphatic heterocycles. The van der Waals surface area contributed by atoms with Crippen molar-refractivity contribution in [2.75, 3.05) is 12.4 Å². The van der Waals surface area contributed by atoms with Crippen LogP contribution in [0.15, 0.2) is 81.5 Å². The molecule has 1 amide bonds. The van der Waals surface area contributed by atoms with Crippen LogP contribution in [0.5, 0.6) is 17.2 Å². The molecule has 242 valence electrons. The van der Waals surface area contributed by atoms with E-state index in [1.807, 2.05) is 64.1 Å². The second-order valence-electron chi connectivity index (χ2n) is 12.3. The Hall–Kier alpha value is -4.60. The molecule has 0 bridgehead atoms. The molecule has 0 radical (unpaired) electrons. The highest BCUT2D eigenvalue weighted by atomic mass is 16.7. The van der Waals surface area contributed by atoms with E-state index in [1.54, 1.807) is 32.2 Å². The van der Waals surface area contributed by atoms with Gasteiger partial charge in [0.05, 0.1) is 17.1 Å². The second kappa shape index (κ2) is 13.8. The number of rotatable bonds is 10. The molecule has 0 unspecified atom stereocenters. The lowest BCUT2D eigenvalue weighted by molar-refractivity contribution is -0.233. The molecule has 9 heteroatoms. The molecule has 5 rings (SSSR count). The topological polar surface area (TPSA) is 116 Å². The van der Waals surface area contributed by atoms with Crippen LogP contribution < -0.4 is 20.4 Å². The number of hydrogen-bond donors (Lipinski definition) is 2. The zero-order valence-electron chi connectivity index (χ0n) is 27.1. The fraction of sp³-hybridized carbons (Fsp3) is 0.351. The molecule has 2 atom stereocenters. The van der Waals surface area contributed by atoms with Crippen molar-refractivity contribution in [1.82, 2.24) is 0 Å². The van der Waals surface area contributed by atoms with E-state index in [9.17, 15) is 14.7 Å². The lowest BCUT2D eigenvalue weighted by atomic mass is 9.94. The Bertz CT molecular complexity index is 1800. The number of allylic oxidation sites excluding steroid dienone is 2. The molecule has 1 aliphatic rings. The second-order valence-corrected chi connectivity index (χ2v) is 12.3. The summed E-state index contributed by atoms with van der Waals surface area (Å²) < 4.78 is 30.1. The van der Waals surface area contributed by atoms with Crippen LogP contribution in [0.2, 0.25) is 0 Å². The average molecular weight is 628 g/mol. The Kier molecular flexibility index (Phi) is 9.84. The van der Waals surface area contributed by atoms with Crippen molar-refractivity contribution in [3.63, 3.8) is 0 Å². The van der Waals surface area contributed by atoms with E-state index in [1.165, 1.54) is 12.1 Å². The zero-order valence-corrected chi connectivity index (χ0v) is 27.1. The van der Waals surface area contributed by atoms with Crippen molar-refractivity contribution in [1.29, 1.82) is 0 Å². The lowest BCUT2D eigenvalue weighted by Crippen LogP contribution is -2.49. The highest BCUT2D eigenvalue weighted by Gasteiger charge is 2.39.